The summed E-state index contributed by atoms with van der Waals surface area (Å²) in [7, 11) is 3.20. The summed E-state index contributed by atoms with van der Waals surface area (Å²) in [6, 6.07) is 14.3. The van der Waals surface area contributed by atoms with E-state index in [0.717, 1.165) is 15.7 Å². The maximum absolute atomic E-state index is 13.5. The van der Waals surface area contributed by atoms with Gasteiger partial charge in [-0.3, -0.25) is 9.59 Å². The van der Waals surface area contributed by atoms with Gasteiger partial charge in [0.2, 0.25) is 16.9 Å². The monoisotopic (exact) mass is 498 g/mol. The molecule has 4 rings (SSSR count). The number of hydrogen-bond acceptors (Lipinski definition) is 8. The number of hydrogen-bond donors (Lipinski definition) is 1. The smallest absolute Gasteiger partial charge is 0.231 e. The summed E-state index contributed by atoms with van der Waals surface area (Å²) in [6.07, 6.45) is 0.702. The van der Waals surface area contributed by atoms with Crippen LogP contribution in [0.5, 0.6) is 11.5 Å². The number of anilines is 2. The third kappa shape index (κ3) is 5.18. The van der Waals surface area contributed by atoms with Gasteiger partial charge in [-0.2, -0.15) is 0 Å². The molecule has 0 spiro atoms. The van der Waals surface area contributed by atoms with E-state index < -0.39 is 12.0 Å². The molecule has 0 aliphatic carbocycles. The van der Waals surface area contributed by atoms with Gasteiger partial charge in [-0.05, 0) is 54.1 Å². The van der Waals surface area contributed by atoms with Gasteiger partial charge < -0.3 is 19.7 Å². The first kappa shape index (κ1) is 24.0. The van der Waals surface area contributed by atoms with Crippen LogP contribution in [0, 0.1) is 5.92 Å². The van der Waals surface area contributed by atoms with Crippen molar-refractivity contribution in [2.45, 2.75) is 30.1 Å². The summed E-state index contributed by atoms with van der Waals surface area (Å²) >= 11 is 2.93. The van der Waals surface area contributed by atoms with Crippen molar-refractivity contribution < 1.29 is 19.1 Å². The minimum Gasteiger partial charge on any atom is -0.497 e. The number of amides is 2. The van der Waals surface area contributed by atoms with Crippen molar-refractivity contribution in [2.75, 3.05) is 30.2 Å². The molecule has 8 nitrogen and oxygen atoms in total. The molecule has 2 atom stereocenters. The second-order valence-electron chi connectivity index (χ2n) is 7.62. The molecule has 1 aromatic heterocycles. The van der Waals surface area contributed by atoms with E-state index in [1.807, 2.05) is 55.5 Å². The van der Waals surface area contributed by atoms with Crippen LogP contribution >= 0.6 is 23.1 Å². The average Bonchev–Trinajstić information content (AvgIpc) is 3.31. The molecule has 2 heterocycles. The number of carbonyl (C=O) groups is 2. The van der Waals surface area contributed by atoms with Crippen molar-refractivity contribution in [2.24, 2.45) is 5.92 Å². The van der Waals surface area contributed by atoms with E-state index in [1.165, 1.54) is 11.3 Å². The van der Waals surface area contributed by atoms with Crippen LogP contribution in [0.2, 0.25) is 0 Å². The second kappa shape index (κ2) is 10.9. The van der Waals surface area contributed by atoms with Crippen LogP contribution in [0.4, 0.5) is 10.8 Å². The van der Waals surface area contributed by atoms with Gasteiger partial charge in [0.25, 0.3) is 0 Å². The number of benzene rings is 2. The summed E-state index contributed by atoms with van der Waals surface area (Å²) in [5, 5.41) is 11.6. The molecular formula is C24H26N4O4S2. The summed E-state index contributed by atoms with van der Waals surface area (Å²) in [5.74, 6) is 1.59. The maximum atomic E-state index is 13.5. The van der Waals surface area contributed by atoms with E-state index in [4.69, 9.17) is 9.47 Å². The number of nitrogens with zero attached hydrogens (tertiary/aromatic N) is 3. The van der Waals surface area contributed by atoms with Crippen molar-refractivity contribution in [3.8, 4) is 11.5 Å². The number of ether oxygens (including phenoxy) is 2. The highest BCUT2D eigenvalue weighted by molar-refractivity contribution is 8.01. The molecule has 2 aromatic carbocycles. The third-order valence-electron chi connectivity index (χ3n) is 5.65. The molecule has 0 unspecified atom stereocenters. The number of piperidine rings is 1. The molecule has 3 aromatic rings. The van der Waals surface area contributed by atoms with E-state index in [9.17, 15) is 9.59 Å². The average molecular weight is 499 g/mol. The lowest BCUT2D eigenvalue weighted by Crippen LogP contribution is -2.46. The summed E-state index contributed by atoms with van der Waals surface area (Å²) < 4.78 is 11.4. The molecule has 178 valence electrons. The fourth-order valence-corrected chi connectivity index (χ4v) is 5.69. The molecule has 10 heteroatoms. The van der Waals surface area contributed by atoms with Crippen LogP contribution in [0.3, 0.4) is 0 Å². The van der Waals surface area contributed by atoms with Gasteiger partial charge in [-0.15, -0.1) is 10.2 Å². The molecule has 1 N–H and O–H groups in total. The molecule has 1 aliphatic heterocycles. The van der Waals surface area contributed by atoms with Crippen LogP contribution in [0.15, 0.2) is 52.9 Å². The Hall–Kier alpha value is -3.11. The zero-order valence-electron chi connectivity index (χ0n) is 19.2. The second-order valence-corrected chi connectivity index (χ2v) is 10.1. The zero-order valence-corrected chi connectivity index (χ0v) is 20.8. The van der Waals surface area contributed by atoms with Crippen molar-refractivity contribution in [3.63, 3.8) is 0 Å². The molecule has 1 saturated heterocycles. The van der Waals surface area contributed by atoms with Gasteiger partial charge in [-0.1, -0.05) is 42.2 Å². The van der Waals surface area contributed by atoms with E-state index >= 15 is 0 Å². The van der Waals surface area contributed by atoms with Gasteiger partial charge in [0.1, 0.15) is 11.5 Å². The minimum atomic E-state index is -0.488. The van der Waals surface area contributed by atoms with Gasteiger partial charge in [0.15, 0.2) is 4.34 Å². The van der Waals surface area contributed by atoms with Crippen LogP contribution < -0.4 is 19.7 Å². The topological polar surface area (TPSA) is 93.7 Å². The van der Waals surface area contributed by atoms with Crippen molar-refractivity contribution in [1.29, 1.82) is 0 Å². The Bertz CT molecular complexity index is 1130. The molecule has 1 aliphatic rings. The number of thioether (sulfide) groups is 1. The standard InChI is InChI=1S/C24H26N4O4S2/c1-4-33-24-27-26-23(34-24)25-22(30)19-13-14-20(29)28(16-7-11-18(32-3)12-8-16)21(19)15-5-9-17(31-2)10-6-15/h5-12,19,21H,4,13-14H2,1-3H3,(H,25,26,30)/t19-,21+/m0/s1. The first-order valence-electron chi connectivity index (χ1n) is 10.9. The van der Waals surface area contributed by atoms with Crippen molar-refractivity contribution >= 4 is 45.7 Å². The lowest BCUT2D eigenvalue weighted by Gasteiger charge is -2.40. The van der Waals surface area contributed by atoms with Gasteiger partial charge in [0, 0.05) is 12.1 Å². The normalized spacial score (nSPS) is 18.0. The van der Waals surface area contributed by atoms with E-state index in [-0.39, 0.29) is 18.2 Å². The lowest BCUT2D eigenvalue weighted by molar-refractivity contribution is -0.125. The Kier molecular flexibility index (Phi) is 7.69. The highest BCUT2D eigenvalue weighted by Crippen LogP contribution is 2.41. The summed E-state index contributed by atoms with van der Waals surface area (Å²) in [4.78, 5) is 28.4. The highest BCUT2D eigenvalue weighted by atomic mass is 32.2. The fourth-order valence-electron chi connectivity index (χ4n) is 4.04. The molecule has 0 radical (unpaired) electrons. The Morgan fingerprint density at radius 2 is 1.74 bits per heavy atom. The van der Waals surface area contributed by atoms with Crippen molar-refractivity contribution in [3.05, 3.63) is 54.1 Å². The fraction of sp³-hybridized carbons (Fsp3) is 0.333. The third-order valence-corrected chi connectivity index (χ3v) is 7.50. The minimum absolute atomic E-state index is 0.0346. The van der Waals surface area contributed by atoms with Gasteiger partial charge >= 0.3 is 0 Å². The molecule has 34 heavy (non-hydrogen) atoms. The quantitative estimate of drug-likeness (QED) is 0.352. The number of nitrogens with one attached hydrogen (secondary N) is 1. The van der Waals surface area contributed by atoms with E-state index in [1.54, 1.807) is 30.9 Å². The molecule has 2 amide bonds. The summed E-state index contributed by atoms with van der Waals surface area (Å²) in [6.45, 7) is 2.04. The number of carbonyl (C=O) groups excluding carboxylic acids is 2. The van der Waals surface area contributed by atoms with Crippen LogP contribution in [0.25, 0.3) is 0 Å². The SMILES string of the molecule is CCSc1nnc(NC(=O)[C@H]2CCC(=O)N(c3ccc(OC)cc3)[C@@H]2c2ccc(OC)cc2)s1. The predicted molar refractivity (Wildman–Crippen MR) is 134 cm³/mol. The lowest BCUT2D eigenvalue weighted by atomic mass is 9.83. The van der Waals surface area contributed by atoms with Crippen LogP contribution in [-0.4, -0.2) is 42.0 Å². The molecule has 0 bridgehead atoms. The Morgan fingerprint density at radius 1 is 1.09 bits per heavy atom. The number of rotatable bonds is 8. The van der Waals surface area contributed by atoms with Crippen molar-refractivity contribution in [1.82, 2.24) is 10.2 Å². The Morgan fingerprint density at radius 3 is 2.35 bits per heavy atom. The van der Waals surface area contributed by atoms with E-state index in [2.05, 4.69) is 15.5 Å². The molecule has 1 fully saturated rings. The Labute approximate surface area is 206 Å². The van der Waals surface area contributed by atoms with Crippen LogP contribution in [0.1, 0.15) is 31.4 Å². The number of aromatic nitrogens is 2. The first-order chi connectivity index (χ1) is 16.5. The van der Waals surface area contributed by atoms with E-state index in [0.29, 0.717) is 28.7 Å². The molecule has 0 saturated carbocycles. The van der Waals surface area contributed by atoms with Gasteiger partial charge in [0.05, 0.1) is 26.2 Å². The molecular weight excluding hydrogens is 472 g/mol. The summed E-state index contributed by atoms with van der Waals surface area (Å²) in [5.41, 5.74) is 1.56. The highest BCUT2D eigenvalue weighted by Gasteiger charge is 2.41. The largest absolute Gasteiger partial charge is 0.497 e. The zero-order chi connectivity index (χ0) is 24.1. The van der Waals surface area contributed by atoms with Crippen LogP contribution in [-0.2, 0) is 9.59 Å². The Balaban J connectivity index is 1.69. The van der Waals surface area contributed by atoms with Gasteiger partial charge in [-0.25, -0.2) is 0 Å². The first-order valence-corrected chi connectivity index (χ1v) is 12.7. The predicted octanol–water partition coefficient (Wildman–Crippen LogP) is 4.79. The maximum Gasteiger partial charge on any atom is 0.231 e. The number of methoxy groups -OCH3 is 2.